The van der Waals surface area contributed by atoms with Gasteiger partial charge in [-0.05, 0) is 49.3 Å². The van der Waals surface area contributed by atoms with Crippen LogP contribution in [0.5, 0.6) is 0 Å². The van der Waals surface area contributed by atoms with Crippen molar-refractivity contribution in [2.45, 2.75) is 13.8 Å². The zero-order valence-corrected chi connectivity index (χ0v) is 18.1. The Morgan fingerprint density at radius 2 is 1.09 bits per heavy atom. The van der Waals surface area contributed by atoms with E-state index in [4.69, 9.17) is 0 Å². The van der Waals surface area contributed by atoms with E-state index in [-0.39, 0.29) is 0 Å². The summed E-state index contributed by atoms with van der Waals surface area (Å²) in [7, 11) is 0. The first-order chi connectivity index (χ1) is 15.4. The molecule has 0 saturated heterocycles. The molecule has 3 aromatic rings. The fraction of sp³-hybridized carbons (Fsp3) is 0.107. The molecule has 0 heterocycles. The highest BCUT2D eigenvalue weighted by Gasteiger charge is 2.30. The molecule has 0 radical (unpaired) electrons. The molecule has 0 aliphatic carbocycles. The van der Waals surface area contributed by atoms with Gasteiger partial charge >= 0.3 is 0 Å². The van der Waals surface area contributed by atoms with Gasteiger partial charge in [-0.3, -0.25) is 14.4 Å². The predicted molar refractivity (Wildman–Crippen MR) is 129 cm³/mol. The Morgan fingerprint density at radius 3 is 1.53 bits per heavy atom. The third kappa shape index (κ3) is 6.47. The first-order valence-electron chi connectivity index (χ1n) is 10.4. The number of benzene rings is 3. The number of carbonyl (C=O) groups is 3. The largest absolute Gasteiger partial charge is 0.325 e. The minimum atomic E-state index is -1.47. The van der Waals surface area contributed by atoms with Crippen molar-refractivity contribution in [2.24, 2.45) is 5.92 Å². The molecule has 160 valence electrons. The lowest BCUT2D eigenvalue weighted by Crippen LogP contribution is -2.34. The molecule has 0 saturated carbocycles. The Bertz CT molecular complexity index is 1070. The molecule has 0 atom stereocenters. The van der Waals surface area contributed by atoms with E-state index in [1.807, 2.05) is 68.4 Å². The van der Waals surface area contributed by atoms with Gasteiger partial charge in [0.25, 0.3) is 0 Å². The molecule has 0 aromatic heterocycles. The van der Waals surface area contributed by atoms with Gasteiger partial charge in [-0.15, -0.1) is 0 Å². The summed E-state index contributed by atoms with van der Waals surface area (Å²) in [5.41, 5.74) is 4.35. The van der Waals surface area contributed by atoms with Crippen molar-refractivity contribution >= 4 is 35.3 Å². The van der Waals surface area contributed by atoms with Gasteiger partial charge < -0.3 is 5.32 Å². The van der Waals surface area contributed by atoms with Crippen LogP contribution in [0.25, 0.3) is 12.2 Å². The second kappa shape index (κ2) is 10.8. The summed E-state index contributed by atoms with van der Waals surface area (Å²) in [6.45, 7) is 3.95. The SMILES string of the molecule is Cc1ccc(C=CC(=O)C(C(=O)C=Cc2ccc(C)cc2)C(=O)Nc2ccccc2)cc1. The van der Waals surface area contributed by atoms with Crippen LogP contribution in [-0.2, 0) is 14.4 Å². The quantitative estimate of drug-likeness (QED) is 0.388. The van der Waals surface area contributed by atoms with Gasteiger partial charge in [0.15, 0.2) is 17.5 Å². The molecule has 3 rings (SSSR count). The number of allylic oxidation sites excluding steroid dienone is 2. The summed E-state index contributed by atoms with van der Waals surface area (Å²) >= 11 is 0. The van der Waals surface area contributed by atoms with E-state index >= 15 is 0 Å². The van der Waals surface area contributed by atoms with Crippen molar-refractivity contribution in [3.05, 3.63) is 113 Å². The number of hydrogen-bond acceptors (Lipinski definition) is 3. The molecule has 32 heavy (non-hydrogen) atoms. The summed E-state index contributed by atoms with van der Waals surface area (Å²) in [5, 5.41) is 2.67. The third-order valence-corrected chi connectivity index (χ3v) is 4.91. The topological polar surface area (TPSA) is 63.2 Å². The Morgan fingerprint density at radius 1 is 0.656 bits per heavy atom. The fourth-order valence-corrected chi connectivity index (χ4v) is 3.04. The number of para-hydroxylation sites is 1. The van der Waals surface area contributed by atoms with E-state index in [2.05, 4.69) is 5.32 Å². The lowest BCUT2D eigenvalue weighted by molar-refractivity contribution is -0.134. The molecular formula is C28H25NO3. The van der Waals surface area contributed by atoms with Crippen LogP contribution in [0.3, 0.4) is 0 Å². The number of amides is 1. The van der Waals surface area contributed by atoms with Crippen molar-refractivity contribution in [2.75, 3.05) is 5.32 Å². The lowest BCUT2D eigenvalue weighted by atomic mass is 9.95. The van der Waals surface area contributed by atoms with Gasteiger partial charge in [-0.1, -0.05) is 90.0 Å². The van der Waals surface area contributed by atoms with Crippen LogP contribution in [-0.4, -0.2) is 17.5 Å². The second-order valence-electron chi connectivity index (χ2n) is 7.58. The standard InChI is InChI=1S/C28H25NO3/c1-20-8-12-22(13-9-20)16-18-25(30)27(28(32)29-24-6-4-3-5-7-24)26(31)19-17-23-14-10-21(2)11-15-23/h3-19,27H,1-2H3,(H,29,32). The van der Waals surface area contributed by atoms with Crippen LogP contribution in [0.2, 0.25) is 0 Å². The van der Waals surface area contributed by atoms with Gasteiger partial charge in [0.1, 0.15) is 0 Å². The van der Waals surface area contributed by atoms with E-state index in [0.717, 1.165) is 22.3 Å². The second-order valence-corrected chi connectivity index (χ2v) is 7.58. The zero-order valence-electron chi connectivity index (χ0n) is 18.1. The van der Waals surface area contributed by atoms with E-state index in [0.29, 0.717) is 5.69 Å². The third-order valence-electron chi connectivity index (χ3n) is 4.91. The van der Waals surface area contributed by atoms with Gasteiger partial charge in [0, 0.05) is 5.69 Å². The molecule has 0 aliphatic heterocycles. The van der Waals surface area contributed by atoms with Crippen LogP contribution >= 0.6 is 0 Å². The first kappa shape index (κ1) is 22.6. The van der Waals surface area contributed by atoms with E-state index < -0.39 is 23.4 Å². The molecule has 0 fully saturated rings. The van der Waals surface area contributed by atoms with Gasteiger partial charge in [-0.2, -0.15) is 0 Å². The summed E-state index contributed by atoms with van der Waals surface area (Å²) in [6, 6.07) is 24.0. The average molecular weight is 424 g/mol. The molecule has 3 aromatic carbocycles. The average Bonchev–Trinajstić information content (AvgIpc) is 2.79. The number of hydrogen-bond donors (Lipinski definition) is 1. The Balaban J connectivity index is 1.82. The van der Waals surface area contributed by atoms with Crippen LogP contribution in [0, 0.1) is 19.8 Å². The van der Waals surface area contributed by atoms with Crippen LogP contribution in [0.4, 0.5) is 5.69 Å². The normalized spacial score (nSPS) is 12.1. The van der Waals surface area contributed by atoms with Crippen LogP contribution in [0.15, 0.2) is 91.0 Å². The fourth-order valence-electron chi connectivity index (χ4n) is 3.04. The van der Waals surface area contributed by atoms with Gasteiger partial charge in [0.2, 0.25) is 5.91 Å². The van der Waals surface area contributed by atoms with Crippen LogP contribution < -0.4 is 5.32 Å². The highest BCUT2D eigenvalue weighted by molar-refractivity contribution is 6.28. The zero-order chi connectivity index (χ0) is 22.9. The molecule has 4 nitrogen and oxygen atoms in total. The van der Waals surface area contributed by atoms with Crippen molar-refractivity contribution < 1.29 is 14.4 Å². The minimum Gasteiger partial charge on any atom is -0.325 e. The minimum absolute atomic E-state index is 0.521. The molecule has 4 heteroatoms. The van der Waals surface area contributed by atoms with Gasteiger partial charge in [-0.25, -0.2) is 0 Å². The molecule has 0 bridgehead atoms. The van der Waals surface area contributed by atoms with Crippen LogP contribution in [0.1, 0.15) is 22.3 Å². The number of rotatable bonds is 8. The van der Waals surface area contributed by atoms with E-state index in [9.17, 15) is 14.4 Å². The van der Waals surface area contributed by atoms with Crippen molar-refractivity contribution in [1.29, 1.82) is 0 Å². The smallest absolute Gasteiger partial charge is 0.243 e. The maximum Gasteiger partial charge on any atom is 0.243 e. The Hall–Kier alpha value is -4.05. The monoisotopic (exact) mass is 423 g/mol. The van der Waals surface area contributed by atoms with Crippen molar-refractivity contribution in [1.82, 2.24) is 0 Å². The number of aryl methyl sites for hydroxylation is 2. The molecular weight excluding hydrogens is 398 g/mol. The summed E-state index contributed by atoms with van der Waals surface area (Å²) in [5.74, 6) is -3.28. The Kier molecular flexibility index (Phi) is 7.65. The van der Waals surface area contributed by atoms with Gasteiger partial charge in [0.05, 0.1) is 0 Å². The van der Waals surface area contributed by atoms with Crippen molar-refractivity contribution in [3.8, 4) is 0 Å². The summed E-state index contributed by atoms with van der Waals surface area (Å²) in [4.78, 5) is 38.7. The number of nitrogens with one attached hydrogen (secondary N) is 1. The number of anilines is 1. The molecule has 0 aliphatic rings. The maximum absolute atomic E-state index is 12.9. The van der Waals surface area contributed by atoms with E-state index in [1.165, 1.54) is 12.2 Å². The maximum atomic E-state index is 12.9. The number of ketones is 2. The van der Waals surface area contributed by atoms with Crippen molar-refractivity contribution in [3.63, 3.8) is 0 Å². The molecule has 0 unspecified atom stereocenters. The molecule has 0 spiro atoms. The lowest BCUT2D eigenvalue weighted by Gasteiger charge is -2.12. The molecule has 1 amide bonds. The Labute approximate surface area is 188 Å². The molecule has 1 N–H and O–H groups in total. The van der Waals surface area contributed by atoms with E-state index in [1.54, 1.807) is 36.4 Å². The highest BCUT2D eigenvalue weighted by Crippen LogP contribution is 2.14. The predicted octanol–water partition coefficient (Wildman–Crippen LogP) is 5.42. The highest BCUT2D eigenvalue weighted by atomic mass is 16.2. The summed E-state index contributed by atoms with van der Waals surface area (Å²) < 4.78 is 0. The number of carbonyl (C=O) groups excluding carboxylic acids is 3. The first-order valence-corrected chi connectivity index (χ1v) is 10.4. The summed E-state index contributed by atoms with van der Waals surface area (Å²) in [6.07, 6.45) is 5.80.